The first-order valence-electron chi connectivity index (χ1n) is 10.3. The number of benzene rings is 2. The summed E-state index contributed by atoms with van der Waals surface area (Å²) >= 11 is 0. The van der Waals surface area contributed by atoms with Crippen molar-refractivity contribution >= 4 is 11.0 Å². The minimum absolute atomic E-state index is 0.0361. The summed E-state index contributed by atoms with van der Waals surface area (Å²) in [7, 11) is 1.90. The highest BCUT2D eigenvalue weighted by Crippen LogP contribution is 2.42. The zero-order valence-corrected chi connectivity index (χ0v) is 17.8. The third-order valence-corrected chi connectivity index (χ3v) is 6.17. The van der Waals surface area contributed by atoms with Crippen molar-refractivity contribution in [3.63, 3.8) is 0 Å². The number of fused-ring (bicyclic) bond motifs is 1. The zero-order chi connectivity index (χ0) is 22.4. The van der Waals surface area contributed by atoms with E-state index >= 15 is 0 Å². The van der Waals surface area contributed by atoms with Gasteiger partial charge in [-0.05, 0) is 39.4 Å². The molecular weight excluding hydrogens is 398 g/mol. The van der Waals surface area contributed by atoms with Gasteiger partial charge in [-0.1, -0.05) is 29.8 Å². The van der Waals surface area contributed by atoms with Gasteiger partial charge in [0.05, 0.1) is 11.7 Å². The fourth-order valence-electron chi connectivity index (χ4n) is 4.58. The Balaban J connectivity index is 1.93. The second-order valence-electron chi connectivity index (χ2n) is 8.48. The summed E-state index contributed by atoms with van der Waals surface area (Å²) in [6.45, 7) is 4.58. The summed E-state index contributed by atoms with van der Waals surface area (Å²) in [5.74, 6) is -0.909. The predicted molar refractivity (Wildman–Crippen MR) is 117 cm³/mol. The van der Waals surface area contributed by atoms with Crippen LogP contribution in [0.15, 0.2) is 39.5 Å². The number of nitrogens with zero attached hydrogens (tertiary/aromatic N) is 1. The van der Waals surface area contributed by atoms with Crippen molar-refractivity contribution in [1.82, 2.24) is 4.90 Å². The van der Waals surface area contributed by atoms with E-state index < -0.39 is 29.3 Å². The number of hydrogen-bond donors (Lipinski definition) is 4. The van der Waals surface area contributed by atoms with Gasteiger partial charge in [0.2, 0.25) is 5.43 Å². The molecule has 4 N–H and O–H groups in total. The summed E-state index contributed by atoms with van der Waals surface area (Å²) < 4.78 is 5.96. The number of piperidine rings is 1. The van der Waals surface area contributed by atoms with Gasteiger partial charge in [-0.15, -0.1) is 0 Å². The molecule has 1 fully saturated rings. The van der Waals surface area contributed by atoms with Crippen LogP contribution in [0.5, 0.6) is 11.5 Å². The highest BCUT2D eigenvalue weighted by Gasteiger charge is 2.34. The maximum atomic E-state index is 13.4. The number of β-amino-alcohol motifs (C(OH)–C–C–N with tert-alkyl or cyclic N) is 1. The van der Waals surface area contributed by atoms with Gasteiger partial charge in [-0.2, -0.15) is 0 Å². The van der Waals surface area contributed by atoms with Gasteiger partial charge in [-0.3, -0.25) is 4.79 Å². The van der Waals surface area contributed by atoms with Crippen molar-refractivity contribution in [3.8, 4) is 11.5 Å². The topological polar surface area (TPSA) is 114 Å². The minimum Gasteiger partial charge on any atom is -0.507 e. The molecular formula is C24H27NO6. The Kier molecular flexibility index (Phi) is 5.51. The number of phenols is 2. The van der Waals surface area contributed by atoms with Crippen LogP contribution in [0.1, 0.15) is 46.5 Å². The second kappa shape index (κ2) is 8.00. The first-order chi connectivity index (χ1) is 14.7. The molecule has 0 aliphatic carbocycles. The van der Waals surface area contributed by atoms with E-state index in [1.807, 2.05) is 24.9 Å². The van der Waals surface area contributed by atoms with Crippen molar-refractivity contribution < 1.29 is 24.8 Å². The molecule has 1 aromatic heterocycles. The Morgan fingerprint density at radius 1 is 1.16 bits per heavy atom. The van der Waals surface area contributed by atoms with E-state index in [0.29, 0.717) is 30.6 Å². The zero-order valence-electron chi connectivity index (χ0n) is 17.8. The smallest absolute Gasteiger partial charge is 0.202 e. The first-order valence-corrected chi connectivity index (χ1v) is 10.3. The number of aliphatic hydroxyl groups excluding tert-OH is 2. The van der Waals surface area contributed by atoms with Crippen molar-refractivity contribution in [2.75, 3.05) is 20.1 Å². The van der Waals surface area contributed by atoms with E-state index in [-0.39, 0.29) is 28.0 Å². The highest BCUT2D eigenvalue weighted by molar-refractivity contribution is 5.89. The molecule has 1 saturated heterocycles. The average Bonchev–Trinajstić information content (AvgIpc) is 2.68. The van der Waals surface area contributed by atoms with Gasteiger partial charge in [0.1, 0.15) is 34.3 Å². The first kappa shape index (κ1) is 21.4. The molecule has 3 atom stereocenters. The maximum absolute atomic E-state index is 13.4. The van der Waals surface area contributed by atoms with E-state index in [9.17, 15) is 25.2 Å². The number of aromatic hydroxyl groups is 2. The molecule has 7 nitrogen and oxygen atoms in total. The van der Waals surface area contributed by atoms with E-state index in [1.165, 1.54) is 0 Å². The largest absolute Gasteiger partial charge is 0.507 e. The van der Waals surface area contributed by atoms with E-state index in [0.717, 1.165) is 11.6 Å². The number of likely N-dealkylation sites (N-methyl/N-ethyl adjacent to an activating group) is 1. The number of rotatable bonds is 3. The SMILES string of the molecule is Cc1cccc(C(O)c2c(C)oc3c(C4CCN(C)CC4O)c(O)cc(O)c3c2=O)c1. The third-order valence-electron chi connectivity index (χ3n) is 6.17. The maximum Gasteiger partial charge on any atom is 0.202 e. The van der Waals surface area contributed by atoms with Crippen LogP contribution in [0.25, 0.3) is 11.0 Å². The third kappa shape index (κ3) is 3.69. The van der Waals surface area contributed by atoms with Crippen molar-refractivity contribution in [1.29, 1.82) is 0 Å². The Bertz CT molecular complexity index is 1200. The Morgan fingerprint density at radius 3 is 2.58 bits per heavy atom. The number of likely N-dealkylation sites (tertiary alicyclic amines) is 1. The Morgan fingerprint density at radius 2 is 1.90 bits per heavy atom. The van der Waals surface area contributed by atoms with Gasteiger partial charge in [0.15, 0.2) is 0 Å². The van der Waals surface area contributed by atoms with Crippen LogP contribution < -0.4 is 5.43 Å². The standard InChI is InChI=1S/C24H27NO6/c1-12-5-4-6-14(9-12)22(29)19-13(2)31-24-20(15-7-8-25(3)11-18(15)28)16(26)10-17(27)21(24)23(19)30/h4-6,9-10,15,18,22,26-29H,7-8,11H2,1-3H3. The molecule has 0 bridgehead atoms. The van der Waals surface area contributed by atoms with Crippen molar-refractivity contribution in [2.24, 2.45) is 0 Å². The summed E-state index contributed by atoms with van der Waals surface area (Å²) in [4.78, 5) is 15.4. The van der Waals surface area contributed by atoms with Crippen LogP contribution in [0, 0.1) is 13.8 Å². The fraction of sp³-hybridized carbons (Fsp3) is 0.375. The monoisotopic (exact) mass is 425 g/mol. The molecule has 0 radical (unpaired) electrons. The molecule has 1 aliphatic heterocycles. The van der Waals surface area contributed by atoms with Gasteiger partial charge < -0.3 is 29.7 Å². The molecule has 0 amide bonds. The average molecular weight is 425 g/mol. The van der Waals surface area contributed by atoms with Gasteiger partial charge in [-0.25, -0.2) is 0 Å². The highest BCUT2D eigenvalue weighted by atomic mass is 16.3. The lowest BCUT2D eigenvalue weighted by Gasteiger charge is -2.34. The Labute approximate surface area is 179 Å². The lowest BCUT2D eigenvalue weighted by molar-refractivity contribution is 0.0630. The molecule has 31 heavy (non-hydrogen) atoms. The van der Waals surface area contributed by atoms with Gasteiger partial charge in [0, 0.05) is 24.1 Å². The summed E-state index contributed by atoms with van der Waals surface area (Å²) in [6.07, 6.45) is -1.44. The van der Waals surface area contributed by atoms with E-state index in [1.54, 1.807) is 25.1 Å². The van der Waals surface area contributed by atoms with Crippen LogP contribution in [-0.4, -0.2) is 51.6 Å². The van der Waals surface area contributed by atoms with Gasteiger partial charge >= 0.3 is 0 Å². The number of aryl methyl sites for hydroxylation is 2. The van der Waals surface area contributed by atoms with E-state index in [2.05, 4.69) is 0 Å². The quantitative estimate of drug-likeness (QED) is 0.510. The number of phenolic OH excluding ortho intramolecular Hbond substituents is 2. The van der Waals surface area contributed by atoms with Crippen LogP contribution >= 0.6 is 0 Å². The molecule has 0 saturated carbocycles. The van der Waals surface area contributed by atoms with Gasteiger partial charge in [0.25, 0.3) is 0 Å². The molecule has 7 heteroatoms. The molecule has 2 heterocycles. The number of hydrogen-bond acceptors (Lipinski definition) is 7. The normalized spacial score (nSPS) is 20.8. The van der Waals surface area contributed by atoms with Crippen molar-refractivity contribution in [3.05, 3.63) is 68.6 Å². The molecule has 3 aromatic rings. The van der Waals surface area contributed by atoms with E-state index in [4.69, 9.17) is 4.42 Å². The summed E-state index contributed by atoms with van der Waals surface area (Å²) in [6, 6.07) is 8.29. The second-order valence-corrected chi connectivity index (χ2v) is 8.48. The minimum atomic E-state index is -1.23. The molecule has 1 aliphatic rings. The van der Waals surface area contributed by atoms with Crippen LogP contribution in [0.4, 0.5) is 0 Å². The molecule has 4 rings (SSSR count). The molecule has 0 spiro atoms. The lowest BCUT2D eigenvalue weighted by atomic mass is 9.85. The summed E-state index contributed by atoms with van der Waals surface area (Å²) in [5.41, 5.74) is 1.31. The molecule has 3 unspecified atom stereocenters. The summed E-state index contributed by atoms with van der Waals surface area (Å²) in [5, 5.41) is 42.6. The molecule has 2 aromatic carbocycles. The van der Waals surface area contributed by atoms with Crippen LogP contribution in [0.2, 0.25) is 0 Å². The Hall–Kier alpha value is -2.87. The van der Waals surface area contributed by atoms with Crippen molar-refractivity contribution in [2.45, 2.75) is 38.4 Å². The lowest BCUT2D eigenvalue weighted by Crippen LogP contribution is -2.40. The number of aliphatic hydroxyl groups is 2. The van der Waals surface area contributed by atoms with Crippen LogP contribution in [0.3, 0.4) is 0 Å². The predicted octanol–water partition coefficient (Wildman–Crippen LogP) is 2.68. The fourth-order valence-corrected chi connectivity index (χ4v) is 4.58. The molecule has 164 valence electrons. The van der Waals surface area contributed by atoms with Crippen LogP contribution in [-0.2, 0) is 0 Å².